The van der Waals surface area contributed by atoms with E-state index in [0.29, 0.717) is 6.04 Å². The van der Waals surface area contributed by atoms with Crippen LogP contribution in [0.3, 0.4) is 0 Å². The van der Waals surface area contributed by atoms with E-state index in [9.17, 15) is 0 Å². The van der Waals surface area contributed by atoms with Crippen molar-refractivity contribution in [3.05, 3.63) is 47.8 Å². The molecule has 0 saturated heterocycles. The number of anilines is 1. The van der Waals surface area contributed by atoms with E-state index in [0.717, 1.165) is 18.2 Å². The Morgan fingerprint density at radius 3 is 2.76 bits per heavy atom. The van der Waals surface area contributed by atoms with Gasteiger partial charge in [0.05, 0.1) is 0 Å². The smallest absolute Gasteiger partial charge is 0.221 e. The summed E-state index contributed by atoms with van der Waals surface area (Å²) in [6.07, 6.45) is 10.1. The highest BCUT2D eigenvalue weighted by Crippen LogP contribution is 2.21. The highest BCUT2D eigenvalue weighted by Gasteiger charge is 2.16. The molecule has 0 radical (unpaired) electrons. The molecule has 0 aliphatic heterocycles. The molecular weight excluding hydrogens is 260 g/mol. The molecule has 0 bridgehead atoms. The SMILES string of the molecule is Cn1nc(/C=C/Cc2ccccc2)nc1NC1CCCC1. The zero-order chi connectivity index (χ0) is 14.5. The third-order valence-electron chi connectivity index (χ3n) is 3.93. The summed E-state index contributed by atoms with van der Waals surface area (Å²) in [6, 6.07) is 11.0. The van der Waals surface area contributed by atoms with Gasteiger partial charge in [0, 0.05) is 13.1 Å². The van der Waals surface area contributed by atoms with Crippen LogP contribution < -0.4 is 5.32 Å². The van der Waals surface area contributed by atoms with E-state index in [1.165, 1.54) is 31.2 Å². The summed E-state index contributed by atoms with van der Waals surface area (Å²) >= 11 is 0. The third kappa shape index (κ3) is 3.72. The molecule has 0 unspecified atom stereocenters. The van der Waals surface area contributed by atoms with Crippen LogP contribution in [0.4, 0.5) is 5.95 Å². The zero-order valence-corrected chi connectivity index (χ0v) is 12.5. The Morgan fingerprint density at radius 1 is 1.24 bits per heavy atom. The van der Waals surface area contributed by atoms with Crippen LogP contribution in [0.25, 0.3) is 6.08 Å². The average Bonchev–Trinajstić information content (AvgIpc) is 3.11. The molecule has 1 aromatic heterocycles. The van der Waals surface area contributed by atoms with Crippen LogP contribution in [0.2, 0.25) is 0 Å². The summed E-state index contributed by atoms with van der Waals surface area (Å²) in [5.41, 5.74) is 1.30. The summed E-state index contributed by atoms with van der Waals surface area (Å²) in [5.74, 6) is 1.65. The third-order valence-corrected chi connectivity index (χ3v) is 3.93. The molecule has 4 nitrogen and oxygen atoms in total. The van der Waals surface area contributed by atoms with Crippen LogP contribution in [-0.2, 0) is 13.5 Å². The second kappa shape index (κ2) is 6.57. The Bertz CT molecular complexity index is 595. The second-order valence-corrected chi connectivity index (χ2v) is 5.64. The van der Waals surface area contributed by atoms with Crippen LogP contribution >= 0.6 is 0 Å². The molecular formula is C17H22N4. The lowest BCUT2D eigenvalue weighted by Gasteiger charge is -2.11. The van der Waals surface area contributed by atoms with E-state index in [1.807, 2.05) is 23.9 Å². The quantitative estimate of drug-likeness (QED) is 0.913. The van der Waals surface area contributed by atoms with Crippen molar-refractivity contribution in [2.75, 3.05) is 5.32 Å². The molecule has 1 saturated carbocycles. The first-order valence-corrected chi connectivity index (χ1v) is 7.69. The monoisotopic (exact) mass is 282 g/mol. The number of aryl methyl sites for hydroxylation is 1. The van der Waals surface area contributed by atoms with Gasteiger partial charge in [-0.1, -0.05) is 49.2 Å². The number of rotatable bonds is 5. The summed E-state index contributed by atoms with van der Waals surface area (Å²) in [5, 5.41) is 7.93. The first-order chi connectivity index (χ1) is 10.3. The number of aromatic nitrogens is 3. The van der Waals surface area contributed by atoms with Crippen molar-refractivity contribution in [1.82, 2.24) is 14.8 Å². The molecule has 0 spiro atoms. The molecule has 0 atom stereocenters. The maximum atomic E-state index is 4.56. The van der Waals surface area contributed by atoms with Gasteiger partial charge in [0.2, 0.25) is 5.95 Å². The minimum Gasteiger partial charge on any atom is -0.352 e. The molecule has 0 amide bonds. The van der Waals surface area contributed by atoms with Crippen LogP contribution in [-0.4, -0.2) is 20.8 Å². The van der Waals surface area contributed by atoms with Gasteiger partial charge < -0.3 is 5.32 Å². The van der Waals surface area contributed by atoms with Crippen molar-refractivity contribution >= 4 is 12.0 Å². The van der Waals surface area contributed by atoms with E-state index in [2.05, 4.69) is 45.7 Å². The predicted molar refractivity (Wildman–Crippen MR) is 86.1 cm³/mol. The lowest BCUT2D eigenvalue weighted by molar-refractivity contribution is 0.707. The fourth-order valence-electron chi connectivity index (χ4n) is 2.77. The Balaban J connectivity index is 1.60. The van der Waals surface area contributed by atoms with Crippen molar-refractivity contribution < 1.29 is 0 Å². The summed E-state index contributed by atoms with van der Waals surface area (Å²) in [6.45, 7) is 0. The van der Waals surface area contributed by atoms with Gasteiger partial charge in [-0.25, -0.2) is 4.68 Å². The standard InChI is InChI=1S/C17H22N4/c1-21-17(18-15-11-5-6-12-15)19-16(20-21)13-7-10-14-8-3-2-4-9-14/h2-4,7-9,13,15H,5-6,10-12H2,1H3,(H,18,19,20)/b13-7+. The Morgan fingerprint density at radius 2 is 2.00 bits per heavy atom. The van der Waals surface area contributed by atoms with Gasteiger partial charge in [-0.15, -0.1) is 0 Å². The molecule has 110 valence electrons. The van der Waals surface area contributed by atoms with Gasteiger partial charge in [0.15, 0.2) is 5.82 Å². The molecule has 21 heavy (non-hydrogen) atoms. The molecule has 4 heteroatoms. The van der Waals surface area contributed by atoms with E-state index < -0.39 is 0 Å². The van der Waals surface area contributed by atoms with Crippen molar-refractivity contribution in [3.63, 3.8) is 0 Å². The molecule has 1 fully saturated rings. The summed E-state index contributed by atoms with van der Waals surface area (Å²) in [4.78, 5) is 4.56. The fourth-order valence-corrected chi connectivity index (χ4v) is 2.77. The van der Waals surface area contributed by atoms with E-state index >= 15 is 0 Å². The van der Waals surface area contributed by atoms with Gasteiger partial charge >= 0.3 is 0 Å². The zero-order valence-electron chi connectivity index (χ0n) is 12.5. The molecule has 3 rings (SSSR count). The Labute approximate surface area is 125 Å². The molecule has 1 N–H and O–H groups in total. The number of allylic oxidation sites excluding steroid dienone is 1. The van der Waals surface area contributed by atoms with Gasteiger partial charge in [-0.3, -0.25) is 0 Å². The molecule has 1 heterocycles. The normalized spacial score (nSPS) is 15.9. The van der Waals surface area contributed by atoms with Crippen LogP contribution in [0.1, 0.15) is 37.1 Å². The summed E-state index contributed by atoms with van der Waals surface area (Å²) in [7, 11) is 1.94. The van der Waals surface area contributed by atoms with Crippen molar-refractivity contribution in [2.45, 2.75) is 38.1 Å². The largest absolute Gasteiger partial charge is 0.352 e. The highest BCUT2D eigenvalue weighted by molar-refractivity contribution is 5.44. The van der Waals surface area contributed by atoms with Crippen LogP contribution in [0, 0.1) is 0 Å². The predicted octanol–water partition coefficient (Wildman–Crippen LogP) is 3.43. The van der Waals surface area contributed by atoms with Crippen molar-refractivity contribution in [1.29, 1.82) is 0 Å². The van der Waals surface area contributed by atoms with Gasteiger partial charge in [0.1, 0.15) is 0 Å². The number of hydrogen-bond donors (Lipinski definition) is 1. The highest BCUT2D eigenvalue weighted by atomic mass is 15.4. The van der Waals surface area contributed by atoms with E-state index in [-0.39, 0.29) is 0 Å². The van der Waals surface area contributed by atoms with Crippen LogP contribution in [0.15, 0.2) is 36.4 Å². The number of nitrogens with one attached hydrogen (secondary N) is 1. The number of hydrogen-bond acceptors (Lipinski definition) is 3. The lowest BCUT2D eigenvalue weighted by atomic mass is 10.1. The average molecular weight is 282 g/mol. The Kier molecular flexibility index (Phi) is 4.34. The minimum atomic E-state index is 0.564. The molecule has 2 aromatic rings. The topological polar surface area (TPSA) is 42.7 Å². The van der Waals surface area contributed by atoms with E-state index in [4.69, 9.17) is 0 Å². The maximum Gasteiger partial charge on any atom is 0.221 e. The molecule has 1 aliphatic rings. The second-order valence-electron chi connectivity index (χ2n) is 5.64. The number of benzene rings is 1. The van der Waals surface area contributed by atoms with Crippen molar-refractivity contribution in [3.8, 4) is 0 Å². The van der Waals surface area contributed by atoms with Crippen molar-refractivity contribution in [2.24, 2.45) is 7.05 Å². The molecule has 1 aliphatic carbocycles. The minimum absolute atomic E-state index is 0.564. The van der Waals surface area contributed by atoms with Gasteiger partial charge in [-0.2, -0.15) is 10.1 Å². The first kappa shape index (κ1) is 13.9. The lowest BCUT2D eigenvalue weighted by Crippen LogP contribution is -2.17. The first-order valence-electron chi connectivity index (χ1n) is 7.69. The fraction of sp³-hybridized carbons (Fsp3) is 0.412. The summed E-state index contributed by atoms with van der Waals surface area (Å²) < 4.78 is 1.83. The Hall–Kier alpha value is -2.10. The maximum absolute atomic E-state index is 4.56. The van der Waals surface area contributed by atoms with Gasteiger partial charge in [0.25, 0.3) is 0 Å². The van der Waals surface area contributed by atoms with E-state index in [1.54, 1.807) is 0 Å². The van der Waals surface area contributed by atoms with Gasteiger partial charge in [-0.05, 0) is 30.9 Å². The molecule has 1 aromatic carbocycles. The number of nitrogens with zero attached hydrogens (tertiary/aromatic N) is 3. The van der Waals surface area contributed by atoms with Crippen LogP contribution in [0.5, 0.6) is 0 Å².